The van der Waals surface area contributed by atoms with Crippen molar-refractivity contribution in [3.05, 3.63) is 57.8 Å². The van der Waals surface area contributed by atoms with Crippen LogP contribution in [0.5, 0.6) is 0 Å². The van der Waals surface area contributed by atoms with Crippen LogP contribution in [0.3, 0.4) is 0 Å². The monoisotopic (exact) mass is 393 g/mol. The van der Waals surface area contributed by atoms with Crippen LogP contribution in [0, 0.1) is 0 Å². The van der Waals surface area contributed by atoms with Gasteiger partial charge in [-0.25, -0.2) is 4.98 Å². The Labute approximate surface area is 160 Å². The molecule has 0 spiro atoms. The number of hydrogen-bond acceptors (Lipinski definition) is 4. The number of benzene rings is 1. The number of nitrogens with zero attached hydrogens (tertiary/aromatic N) is 2. The lowest BCUT2D eigenvalue weighted by atomic mass is 9.96. The highest BCUT2D eigenvalue weighted by molar-refractivity contribution is 6.45. The van der Waals surface area contributed by atoms with Gasteiger partial charge in [0.1, 0.15) is 16.6 Å². The molecule has 8 heteroatoms. The number of aliphatic hydroxyl groups excluding tert-OH is 1. The molecule has 0 bridgehead atoms. The van der Waals surface area contributed by atoms with Crippen LogP contribution in [0.15, 0.2) is 36.5 Å². The van der Waals surface area contributed by atoms with Gasteiger partial charge in [-0.15, -0.1) is 0 Å². The normalized spacial score (nSPS) is 13.6. The van der Waals surface area contributed by atoms with Crippen LogP contribution in [0.25, 0.3) is 10.9 Å². The van der Waals surface area contributed by atoms with E-state index in [1.54, 1.807) is 48.1 Å². The van der Waals surface area contributed by atoms with Crippen molar-refractivity contribution < 1.29 is 15.0 Å². The summed E-state index contributed by atoms with van der Waals surface area (Å²) in [6.07, 6.45) is 1.56. The van der Waals surface area contributed by atoms with Gasteiger partial charge in [0.2, 0.25) is 0 Å². The van der Waals surface area contributed by atoms with Gasteiger partial charge < -0.3 is 20.1 Å². The first-order valence-corrected chi connectivity index (χ1v) is 8.55. The molecular formula is C18H17Cl2N3O3. The zero-order chi connectivity index (χ0) is 19.1. The van der Waals surface area contributed by atoms with Crippen molar-refractivity contribution in [2.45, 2.75) is 12.5 Å². The number of hydrogen-bond donors (Lipinski definition) is 3. The van der Waals surface area contributed by atoms with Crippen LogP contribution < -0.4 is 5.32 Å². The van der Waals surface area contributed by atoms with Crippen LogP contribution in [-0.2, 0) is 12.6 Å². The predicted molar refractivity (Wildman–Crippen MR) is 102 cm³/mol. The Hall–Kier alpha value is -2.12. The maximum absolute atomic E-state index is 12.4. The van der Waals surface area contributed by atoms with E-state index >= 15 is 0 Å². The number of nitrogens with one attached hydrogen (secondary N) is 1. The zero-order valence-corrected chi connectivity index (χ0v) is 15.6. The van der Waals surface area contributed by atoms with Gasteiger partial charge in [0.15, 0.2) is 0 Å². The fourth-order valence-electron chi connectivity index (χ4n) is 2.58. The van der Waals surface area contributed by atoms with Gasteiger partial charge >= 0.3 is 0 Å². The Morgan fingerprint density at radius 3 is 2.58 bits per heavy atom. The molecule has 1 amide bonds. The van der Waals surface area contributed by atoms with Gasteiger partial charge in [0.25, 0.3) is 5.91 Å². The summed E-state index contributed by atoms with van der Waals surface area (Å²) in [5, 5.41) is 23.5. The topological polar surface area (TPSA) is 87.4 Å². The SMILES string of the molecule is Cn1c(Cl)c(Cl)c2cnc(NC(=O)c3ccc([C@@](C)(O)CO)cc3)cc21. The average Bonchev–Trinajstić information content (AvgIpc) is 2.86. The highest BCUT2D eigenvalue weighted by atomic mass is 35.5. The Morgan fingerprint density at radius 2 is 1.96 bits per heavy atom. The number of carbonyl (C=O) groups excluding carboxylic acids is 1. The van der Waals surface area contributed by atoms with Gasteiger partial charge in [-0.05, 0) is 24.6 Å². The quantitative estimate of drug-likeness (QED) is 0.634. The van der Waals surface area contributed by atoms with Crippen LogP contribution in [0.2, 0.25) is 10.2 Å². The van der Waals surface area contributed by atoms with Crippen molar-refractivity contribution in [1.29, 1.82) is 0 Å². The van der Waals surface area contributed by atoms with Crippen LogP contribution in [0.4, 0.5) is 5.82 Å². The number of carbonyl (C=O) groups is 1. The predicted octanol–water partition coefficient (Wildman–Crippen LogP) is 3.33. The molecule has 3 N–H and O–H groups in total. The number of amides is 1. The van der Waals surface area contributed by atoms with E-state index in [2.05, 4.69) is 10.3 Å². The van der Waals surface area contributed by atoms with Crippen LogP contribution >= 0.6 is 23.2 Å². The van der Waals surface area contributed by atoms with Crippen molar-refractivity contribution >= 4 is 45.8 Å². The molecule has 1 atom stereocenters. The van der Waals surface area contributed by atoms with Crippen molar-refractivity contribution in [2.75, 3.05) is 11.9 Å². The molecule has 0 radical (unpaired) electrons. The van der Waals surface area contributed by atoms with E-state index in [1.165, 1.54) is 6.92 Å². The lowest BCUT2D eigenvalue weighted by molar-refractivity contribution is -0.00229. The molecule has 0 aliphatic carbocycles. The third-order valence-electron chi connectivity index (χ3n) is 4.27. The Morgan fingerprint density at radius 1 is 1.31 bits per heavy atom. The molecule has 2 aromatic heterocycles. The molecule has 0 saturated carbocycles. The molecule has 26 heavy (non-hydrogen) atoms. The summed E-state index contributed by atoms with van der Waals surface area (Å²) in [5.74, 6) is 0.0151. The van der Waals surface area contributed by atoms with Gasteiger partial charge in [0.05, 0.1) is 17.1 Å². The number of fused-ring (bicyclic) bond motifs is 1. The van der Waals surface area contributed by atoms with Crippen LogP contribution in [-0.4, -0.2) is 32.3 Å². The van der Waals surface area contributed by atoms with E-state index in [0.717, 1.165) is 5.52 Å². The number of anilines is 1. The summed E-state index contributed by atoms with van der Waals surface area (Å²) in [7, 11) is 1.77. The van der Waals surface area contributed by atoms with Gasteiger partial charge in [-0.3, -0.25) is 4.79 Å². The molecule has 0 unspecified atom stereocenters. The molecule has 0 saturated heterocycles. The van der Waals surface area contributed by atoms with Gasteiger partial charge in [-0.1, -0.05) is 35.3 Å². The van der Waals surface area contributed by atoms with Crippen LogP contribution in [0.1, 0.15) is 22.8 Å². The molecule has 3 rings (SSSR count). The van der Waals surface area contributed by atoms with E-state index in [9.17, 15) is 15.0 Å². The molecule has 3 aromatic rings. The first-order chi connectivity index (χ1) is 12.2. The van der Waals surface area contributed by atoms with E-state index in [1.807, 2.05) is 0 Å². The average molecular weight is 394 g/mol. The molecular weight excluding hydrogens is 377 g/mol. The molecule has 0 aliphatic heterocycles. The molecule has 1 aromatic carbocycles. The standard InChI is InChI=1S/C18H17Cl2N3O3/c1-18(26,9-24)11-5-3-10(4-6-11)17(25)22-14-7-13-12(8-21-14)15(19)16(20)23(13)2/h3-8,24,26H,9H2,1-2H3,(H,21,22,25)/t18-/m0/s1. The minimum Gasteiger partial charge on any atom is -0.393 e. The maximum Gasteiger partial charge on any atom is 0.256 e. The lowest BCUT2D eigenvalue weighted by Crippen LogP contribution is -2.25. The van der Waals surface area contributed by atoms with Crippen molar-refractivity contribution in [2.24, 2.45) is 7.05 Å². The smallest absolute Gasteiger partial charge is 0.256 e. The second kappa shape index (κ2) is 6.89. The van der Waals surface area contributed by atoms with E-state index in [4.69, 9.17) is 23.2 Å². The van der Waals surface area contributed by atoms with E-state index in [-0.39, 0.29) is 5.91 Å². The first kappa shape index (κ1) is 18.7. The summed E-state index contributed by atoms with van der Waals surface area (Å²) in [4.78, 5) is 16.6. The number of halogens is 2. The molecule has 136 valence electrons. The molecule has 6 nitrogen and oxygen atoms in total. The van der Waals surface area contributed by atoms with Crippen molar-refractivity contribution in [3.8, 4) is 0 Å². The van der Waals surface area contributed by atoms with Crippen molar-refractivity contribution in [1.82, 2.24) is 9.55 Å². The molecule has 2 heterocycles. The highest BCUT2D eigenvalue weighted by Gasteiger charge is 2.22. The minimum absolute atomic E-state index is 0.349. The largest absolute Gasteiger partial charge is 0.393 e. The maximum atomic E-state index is 12.4. The third kappa shape index (κ3) is 3.29. The van der Waals surface area contributed by atoms with Gasteiger partial charge in [-0.2, -0.15) is 0 Å². The van der Waals surface area contributed by atoms with Gasteiger partial charge in [0, 0.05) is 30.3 Å². The number of aryl methyl sites for hydroxylation is 1. The Bertz CT molecular complexity index is 982. The van der Waals surface area contributed by atoms with E-state index < -0.39 is 12.2 Å². The second-order valence-electron chi connectivity index (χ2n) is 6.21. The fraction of sp³-hybridized carbons (Fsp3) is 0.222. The lowest BCUT2D eigenvalue weighted by Gasteiger charge is -2.20. The summed E-state index contributed by atoms with van der Waals surface area (Å²) >= 11 is 12.3. The highest BCUT2D eigenvalue weighted by Crippen LogP contribution is 2.33. The zero-order valence-electron chi connectivity index (χ0n) is 14.1. The van der Waals surface area contributed by atoms with E-state index in [0.29, 0.717) is 32.5 Å². The number of aliphatic hydroxyl groups is 2. The number of rotatable bonds is 4. The summed E-state index contributed by atoms with van der Waals surface area (Å²) in [6, 6.07) is 8.03. The van der Waals surface area contributed by atoms with Crippen molar-refractivity contribution in [3.63, 3.8) is 0 Å². The summed E-state index contributed by atoms with van der Waals surface area (Å²) in [5.41, 5.74) is 0.309. The minimum atomic E-state index is -1.35. The Balaban J connectivity index is 1.84. The number of aromatic nitrogens is 2. The Kier molecular flexibility index (Phi) is 4.94. The first-order valence-electron chi connectivity index (χ1n) is 7.79. The summed E-state index contributed by atoms with van der Waals surface area (Å²) < 4.78 is 1.71. The third-order valence-corrected chi connectivity index (χ3v) is 5.20. The second-order valence-corrected chi connectivity index (χ2v) is 6.95. The molecule has 0 aliphatic rings. The number of pyridine rings is 1. The fourth-order valence-corrected chi connectivity index (χ4v) is 3.05. The molecule has 0 fully saturated rings. The summed E-state index contributed by atoms with van der Waals surface area (Å²) in [6.45, 7) is 1.08.